The summed E-state index contributed by atoms with van der Waals surface area (Å²) in [6.07, 6.45) is 0. The van der Waals surface area contributed by atoms with Crippen LogP contribution in [0.15, 0.2) is 46.9 Å². The molecule has 0 bridgehead atoms. The summed E-state index contributed by atoms with van der Waals surface area (Å²) in [5.74, 6) is -0.115. The van der Waals surface area contributed by atoms with Crippen molar-refractivity contribution in [1.29, 1.82) is 0 Å². The van der Waals surface area contributed by atoms with Crippen LogP contribution < -0.4 is 10.1 Å². The molecular weight excluding hydrogens is 297 g/mol. The lowest BCUT2D eigenvalue weighted by Crippen LogP contribution is -2.00. The van der Waals surface area contributed by atoms with Gasteiger partial charge in [0, 0.05) is 22.8 Å². The summed E-state index contributed by atoms with van der Waals surface area (Å²) in [6.45, 7) is 0.632. The van der Waals surface area contributed by atoms with Gasteiger partial charge in [-0.05, 0) is 23.8 Å². The van der Waals surface area contributed by atoms with E-state index in [4.69, 9.17) is 4.74 Å². The lowest BCUT2D eigenvalue weighted by molar-refractivity contribution is 0.386. The first kappa shape index (κ1) is 12.9. The largest absolute Gasteiger partial charge is 0.494 e. The summed E-state index contributed by atoms with van der Waals surface area (Å²) in [4.78, 5) is 0. The zero-order valence-electron chi connectivity index (χ0n) is 9.91. The van der Waals surface area contributed by atoms with Gasteiger partial charge in [0.25, 0.3) is 0 Å². The second-order valence-corrected chi connectivity index (χ2v) is 4.65. The zero-order chi connectivity index (χ0) is 13.0. The number of ether oxygens (including phenoxy) is 1. The van der Waals surface area contributed by atoms with E-state index in [1.165, 1.54) is 13.2 Å². The first-order chi connectivity index (χ1) is 8.70. The SMILES string of the molecule is COc1ccc(NCc2ccccc2Br)cc1F. The fraction of sp³-hybridized carbons (Fsp3) is 0.143. The minimum Gasteiger partial charge on any atom is -0.494 e. The molecule has 0 saturated heterocycles. The van der Waals surface area contributed by atoms with Crippen LogP contribution in [0.5, 0.6) is 5.75 Å². The smallest absolute Gasteiger partial charge is 0.167 e. The fourth-order valence-corrected chi connectivity index (χ4v) is 2.04. The maximum Gasteiger partial charge on any atom is 0.167 e. The van der Waals surface area contributed by atoms with Gasteiger partial charge in [0.15, 0.2) is 11.6 Å². The Hall–Kier alpha value is -1.55. The monoisotopic (exact) mass is 309 g/mol. The Bertz CT molecular complexity index is 545. The number of anilines is 1. The van der Waals surface area contributed by atoms with Gasteiger partial charge in [0.1, 0.15) is 0 Å². The topological polar surface area (TPSA) is 21.3 Å². The molecule has 0 aliphatic heterocycles. The summed E-state index contributed by atoms with van der Waals surface area (Å²) in [7, 11) is 1.45. The van der Waals surface area contributed by atoms with Gasteiger partial charge >= 0.3 is 0 Å². The number of hydrogen-bond donors (Lipinski definition) is 1. The third kappa shape index (κ3) is 3.01. The van der Waals surface area contributed by atoms with Crippen LogP contribution in [0.25, 0.3) is 0 Å². The number of benzene rings is 2. The third-order valence-electron chi connectivity index (χ3n) is 2.59. The molecule has 0 amide bonds. The average molecular weight is 310 g/mol. The summed E-state index contributed by atoms with van der Waals surface area (Å²) in [5, 5.41) is 3.17. The number of methoxy groups -OCH3 is 1. The highest BCUT2D eigenvalue weighted by molar-refractivity contribution is 9.10. The Morgan fingerprint density at radius 1 is 1.22 bits per heavy atom. The van der Waals surface area contributed by atoms with Crippen LogP contribution in [0, 0.1) is 5.82 Å². The van der Waals surface area contributed by atoms with Gasteiger partial charge in [-0.2, -0.15) is 0 Å². The van der Waals surface area contributed by atoms with Gasteiger partial charge in [-0.25, -0.2) is 4.39 Å². The number of nitrogens with one attached hydrogen (secondary N) is 1. The molecule has 4 heteroatoms. The zero-order valence-corrected chi connectivity index (χ0v) is 11.5. The van der Waals surface area contributed by atoms with E-state index in [2.05, 4.69) is 21.2 Å². The van der Waals surface area contributed by atoms with Crippen molar-refractivity contribution in [3.05, 3.63) is 58.3 Å². The van der Waals surface area contributed by atoms with Crippen LogP contribution in [-0.2, 0) is 6.54 Å². The van der Waals surface area contributed by atoms with Crippen molar-refractivity contribution in [2.75, 3.05) is 12.4 Å². The Labute approximate surface area is 114 Å². The minimum absolute atomic E-state index is 0.251. The quantitative estimate of drug-likeness (QED) is 0.913. The fourth-order valence-electron chi connectivity index (χ4n) is 1.62. The Balaban J connectivity index is 2.07. The molecule has 0 aliphatic rings. The summed E-state index contributed by atoms with van der Waals surface area (Å²) in [5.41, 5.74) is 1.85. The highest BCUT2D eigenvalue weighted by Crippen LogP contribution is 2.22. The average Bonchev–Trinajstić information content (AvgIpc) is 2.38. The molecule has 18 heavy (non-hydrogen) atoms. The van der Waals surface area contributed by atoms with Gasteiger partial charge < -0.3 is 10.1 Å². The van der Waals surface area contributed by atoms with Gasteiger partial charge in [0.2, 0.25) is 0 Å². The second-order valence-electron chi connectivity index (χ2n) is 3.79. The molecule has 0 aromatic heterocycles. The number of halogens is 2. The summed E-state index contributed by atoms with van der Waals surface area (Å²) < 4.78 is 19.4. The van der Waals surface area contributed by atoms with E-state index in [1.54, 1.807) is 12.1 Å². The molecule has 2 aromatic rings. The number of hydrogen-bond acceptors (Lipinski definition) is 2. The first-order valence-electron chi connectivity index (χ1n) is 5.51. The van der Waals surface area contributed by atoms with Gasteiger partial charge in [-0.15, -0.1) is 0 Å². The van der Waals surface area contributed by atoms with Crippen LogP contribution in [0.4, 0.5) is 10.1 Å². The van der Waals surface area contributed by atoms with E-state index in [0.29, 0.717) is 6.54 Å². The molecule has 0 heterocycles. The van der Waals surface area contributed by atoms with E-state index in [1.807, 2.05) is 24.3 Å². The molecule has 94 valence electrons. The van der Waals surface area contributed by atoms with Crippen molar-refractivity contribution in [2.24, 2.45) is 0 Å². The highest BCUT2D eigenvalue weighted by atomic mass is 79.9. The van der Waals surface area contributed by atoms with Gasteiger partial charge in [-0.1, -0.05) is 34.1 Å². The van der Waals surface area contributed by atoms with Crippen molar-refractivity contribution in [1.82, 2.24) is 0 Å². The van der Waals surface area contributed by atoms with Crippen molar-refractivity contribution >= 4 is 21.6 Å². The van der Waals surface area contributed by atoms with E-state index in [9.17, 15) is 4.39 Å². The molecule has 0 fully saturated rings. The van der Waals surface area contributed by atoms with Crippen LogP contribution in [0.2, 0.25) is 0 Å². The molecule has 0 aliphatic carbocycles. The lowest BCUT2D eigenvalue weighted by atomic mass is 10.2. The molecular formula is C14H13BrFNO. The Kier molecular flexibility index (Phi) is 4.20. The van der Waals surface area contributed by atoms with E-state index >= 15 is 0 Å². The van der Waals surface area contributed by atoms with Gasteiger partial charge in [0.05, 0.1) is 7.11 Å². The standard InChI is InChI=1S/C14H13BrFNO/c1-18-14-7-6-11(8-13(14)16)17-9-10-4-2-3-5-12(10)15/h2-8,17H,9H2,1H3. The molecule has 2 aromatic carbocycles. The summed E-state index contributed by atoms with van der Waals surface area (Å²) in [6, 6.07) is 12.7. The highest BCUT2D eigenvalue weighted by Gasteiger charge is 2.04. The third-order valence-corrected chi connectivity index (χ3v) is 3.37. The van der Waals surface area contributed by atoms with Crippen LogP contribution >= 0.6 is 15.9 Å². The minimum atomic E-state index is -0.366. The molecule has 2 nitrogen and oxygen atoms in total. The molecule has 2 rings (SSSR count). The second kappa shape index (κ2) is 5.87. The van der Waals surface area contributed by atoms with Crippen LogP contribution in [0.1, 0.15) is 5.56 Å². The van der Waals surface area contributed by atoms with Crippen molar-refractivity contribution in [3.63, 3.8) is 0 Å². The molecule has 0 radical (unpaired) electrons. The van der Waals surface area contributed by atoms with Crippen LogP contribution in [-0.4, -0.2) is 7.11 Å². The predicted molar refractivity (Wildman–Crippen MR) is 74.4 cm³/mol. The number of rotatable bonds is 4. The normalized spacial score (nSPS) is 10.2. The van der Waals surface area contributed by atoms with Crippen molar-refractivity contribution < 1.29 is 9.13 Å². The Morgan fingerprint density at radius 2 is 2.00 bits per heavy atom. The van der Waals surface area contributed by atoms with E-state index < -0.39 is 0 Å². The Morgan fingerprint density at radius 3 is 2.67 bits per heavy atom. The maximum atomic E-state index is 13.5. The summed E-state index contributed by atoms with van der Waals surface area (Å²) >= 11 is 3.47. The van der Waals surface area contributed by atoms with Crippen molar-refractivity contribution in [3.8, 4) is 5.75 Å². The van der Waals surface area contributed by atoms with Crippen LogP contribution in [0.3, 0.4) is 0 Å². The molecule has 1 N–H and O–H groups in total. The molecule has 0 saturated carbocycles. The molecule has 0 unspecified atom stereocenters. The molecule has 0 atom stereocenters. The van der Waals surface area contributed by atoms with E-state index in [0.717, 1.165) is 15.7 Å². The maximum absolute atomic E-state index is 13.5. The molecule has 0 spiro atoms. The lowest BCUT2D eigenvalue weighted by Gasteiger charge is -2.09. The van der Waals surface area contributed by atoms with Crippen molar-refractivity contribution in [2.45, 2.75) is 6.54 Å². The van der Waals surface area contributed by atoms with E-state index in [-0.39, 0.29) is 11.6 Å². The van der Waals surface area contributed by atoms with Gasteiger partial charge in [-0.3, -0.25) is 0 Å². The first-order valence-corrected chi connectivity index (χ1v) is 6.31. The predicted octanol–water partition coefficient (Wildman–Crippen LogP) is 4.21.